The Morgan fingerprint density at radius 3 is 1.50 bits per heavy atom. The fourth-order valence-corrected chi connectivity index (χ4v) is 2.53. The maximum atomic E-state index is 11.4. The van der Waals surface area contributed by atoms with Crippen LogP contribution in [0.2, 0.25) is 0 Å². The van der Waals surface area contributed by atoms with E-state index in [0.717, 1.165) is 18.3 Å². The van der Waals surface area contributed by atoms with Gasteiger partial charge in [0.1, 0.15) is 0 Å². The monoisotopic (exact) mass is 493 g/mol. The second-order valence-electron chi connectivity index (χ2n) is 4.39. The number of benzene rings is 2. The highest BCUT2D eigenvalue weighted by Crippen LogP contribution is 2.13. The lowest BCUT2D eigenvalue weighted by Gasteiger charge is -2.19. The van der Waals surface area contributed by atoms with Gasteiger partial charge in [0, 0.05) is 20.2 Å². The number of nitrogens with zero attached hydrogens (tertiary/aromatic N) is 1. The maximum Gasteiger partial charge on any atom is 0.407 e. The lowest BCUT2D eigenvalue weighted by molar-refractivity contribution is 0.139. The van der Waals surface area contributed by atoms with Crippen LogP contribution in [0.15, 0.2) is 48.5 Å². The average Bonchev–Trinajstić information content (AvgIpc) is 2.42. The van der Waals surface area contributed by atoms with E-state index >= 15 is 0 Å². The van der Waals surface area contributed by atoms with Crippen molar-refractivity contribution in [2.75, 3.05) is 0 Å². The molecule has 104 valence electrons. The summed E-state index contributed by atoms with van der Waals surface area (Å²) in [6.07, 6.45) is -0.901. The van der Waals surface area contributed by atoms with Crippen LogP contribution < -0.4 is 0 Å². The second-order valence-corrected chi connectivity index (χ2v) is 6.88. The molecule has 3 nitrogen and oxygen atoms in total. The fraction of sp³-hybridized carbons (Fsp3) is 0.133. The second kappa shape index (κ2) is 7.26. The summed E-state index contributed by atoms with van der Waals surface area (Å²) in [6.45, 7) is 0.802. The highest BCUT2D eigenvalue weighted by Gasteiger charge is 2.12. The molecule has 0 aromatic heterocycles. The summed E-state index contributed by atoms with van der Waals surface area (Å²) in [5.41, 5.74) is 2.00. The van der Waals surface area contributed by atoms with Crippen molar-refractivity contribution < 1.29 is 9.90 Å². The third kappa shape index (κ3) is 4.62. The molecule has 0 saturated heterocycles. The van der Waals surface area contributed by atoms with E-state index in [1.165, 1.54) is 4.90 Å². The number of halogens is 2. The average molecular weight is 493 g/mol. The largest absolute Gasteiger partial charge is 0.465 e. The van der Waals surface area contributed by atoms with Gasteiger partial charge in [0.2, 0.25) is 0 Å². The summed E-state index contributed by atoms with van der Waals surface area (Å²) in [4.78, 5) is 12.8. The van der Waals surface area contributed by atoms with Crippen LogP contribution in [-0.4, -0.2) is 16.1 Å². The number of hydrogen-bond donors (Lipinski definition) is 1. The minimum Gasteiger partial charge on any atom is -0.465 e. The molecule has 0 heterocycles. The fourth-order valence-electron chi connectivity index (χ4n) is 1.81. The van der Waals surface area contributed by atoms with E-state index in [4.69, 9.17) is 0 Å². The molecule has 0 unspecified atom stereocenters. The lowest BCUT2D eigenvalue weighted by Crippen LogP contribution is -2.28. The lowest BCUT2D eigenvalue weighted by atomic mass is 10.2. The zero-order chi connectivity index (χ0) is 14.5. The zero-order valence-corrected chi connectivity index (χ0v) is 14.9. The van der Waals surface area contributed by atoms with E-state index in [2.05, 4.69) is 45.2 Å². The third-order valence-electron chi connectivity index (χ3n) is 2.84. The molecule has 0 fully saturated rings. The van der Waals surface area contributed by atoms with E-state index in [-0.39, 0.29) is 0 Å². The van der Waals surface area contributed by atoms with Crippen molar-refractivity contribution in [3.05, 3.63) is 66.8 Å². The first kappa shape index (κ1) is 15.6. The van der Waals surface area contributed by atoms with Gasteiger partial charge in [0.15, 0.2) is 0 Å². The van der Waals surface area contributed by atoms with Gasteiger partial charge in [0.05, 0.1) is 0 Å². The van der Waals surface area contributed by atoms with Crippen LogP contribution in [0.4, 0.5) is 4.79 Å². The topological polar surface area (TPSA) is 40.5 Å². The molecule has 0 bridgehead atoms. The molecule has 0 aliphatic carbocycles. The summed E-state index contributed by atoms with van der Waals surface area (Å²) >= 11 is 4.47. The normalized spacial score (nSPS) is 10.3. The molecule has 0 radical (unpaired) electrons. The predicted molar refractivity (Wildman–Crippen MR) is 95.6 cm³/mol. The van der Waals surface area contributed by atoms with Gasteiger partial charge in [0.25, 0.3) is 0 Å². The molecule has 0 aliphatic rings. The number of rotatable bonds is 4. The molecule has 20 heavy (non-hydrogen) atoms. The molecule has 1 N–H and O–H groups in total. The minimum absolute atomic E-state index is 0.401. The molecule has 2 aromatic carbocycles. The first-order valence-electron chi connectivity index (χ1n) is 6.01. The van der Waals surface area contributed by atoms with E-state index in [1.807, 2.05) is 48.5 Å². The van der Waals surface area contributed by atoms with Crippen LogP contribution in [0.25, 0.3) is 0 Å². The Kier molecular flexibility index (Phi) is 5.64. The van der Waals surface area contributed by atoms with Crippen LogP contribution in [0.5, 0.6) is 0 Å². The summed E-state index contributed by atoms with van der Waals surface area (Å²) in [6, 6.07) is 15.8. The Bertz CT molecular complexity index is 534. The van der Waals surface area contributed by atoms with Gasteiger partial charge in [-0.3, -0.25) is 4.90 Å². The molecule has 0 aliphatic heterocycles. The summed E-state index contributed by atoms with van der Waals surface area (Å²) < 4.78 is 2.29. The van der Waals surface area contributed by atoms with Gasteiger partial charge in [-0.25, -0.2) is 4.79 Å². The predicted octanol–water partition coefficient (Wildman–Crippen LogP) is 4.58. The van der Waals surface area contributed by atoms with E-state index in [1.54, 1.807) is 0 Å². The Hall–Kier alpha value is -0.830. The summed E-state index contributed by atoms with van der Waals surface area (Å²) in [5.74, 6) is 0. The van der Waals surface area contributed by atoms with Crippen molar-refractivity contribution in [1.82, 2.24) is 4.90 Å². The Morgan fingerprint density at radius 2 is 1.20 bits per heavy atom. The van der Waals surface area contributed by atoms with Gasteiger partial charge >= 0.3 is 6.09 Å². The van der Waals surface area contributed by atoms with Gasteiger partial charge in [-0.15, -0.1) is 0 Å². The summed E-state index contributed by atoms with van der Waals surface area (Å²) in [7, 11) is 0. The molecule has 2 aromatic rings. The molecular formula is C15H13I2NO2. The Morgan fingerprint density at radius 1 is 0.850 bits per heavy atom. The standard InChI is InChI=1S/C15H13I2NO2/c16-13-5-1-11(2-6-13)9-18(15(19)20)10-12-3-7-14(17)8-4-12/h1-8H,9-10H2,(H,19,20). The van der Waals surface area contributed by atoms with Gasteiger partial charge < -0.3 is 5.11 Å². The van der Waals surface area contributed by atoms with Crippen molar-refractivity contribution in [2.45, 2.75) is 13.1 Å². The third-order valence-corrected chi connectivity index (χ3v) is 4.28. The molecule has 0 atom stereocenters. The highest BCUT2D eigenvalue weighted by atomic mass is 127. The molecule has 2 rings (SSSR count). The molecular weight excluding hydrogens is 480 g/mol. The Balaban J connectivity index is 2.09. The van der Waals surface area contributed by atoms with Gasteiger partial charge in [-0.1, -0.05) is 24.3 Å². The zero-order valence-electron chi connectivity index (χ0n) is 10.6. The molecule has 0 spiro atoms. The van der Waals surface area contributed by atoms with Crippen LogP contribution in [0.1, 0.15) is 11.1 Å². The van der Waals surface area contributed by atoms with Crippen LogP contribution in [-0.2, 0) is 13.1 Å². The van der Waals surface area contributed by atoms with Crippen molar-refractivity contribution >= 4 is 51.3 Å². The molecule has 1 amide bonds. The first-order valence-corrected chi connectivity index (χ1v) is 8.17. The van der Waals surface area contributed by atoms with Crippen molar-refractivity contribution in [1.29, 1.82) is 0 Å². The van der Waals surface area contributed by atoms with E-state index in [9.17, 15) is 9.90 Å². The van der Waals surface area contributed by atoms with Crippen LogP contribution in [0.3, 0.4) is 0 Å². The van der Waals surface area contributed by atoms with Crippen molar-refractivity contribution in [3.8, 4) is 0 Å². The number of hydrogen-bond acceptors (Lipinski definition) is 1. The van der Waals surface area contributed by atoms with E-state index in [0.29, 0.717) is 13.1 Å². The maximum absolute atomic E-state index is 11.4. The van der Waals surface area contributed by atoms with Crippen molar-refractivity contribution in [2.24, 2.45) is 0 Å². The van der Waals surface area contributed by atoms with Gasteiger partial charge in [-0.05, 0) is 80.6 Å². The van der Waals surface area contributed by atoms with Crippen molar-refractivity contribution in [3.63, 3.8) is 0 Å². The van der Waals surface area contributed by atoms with Crippen LogP contribution >= 0.6 is 45.2 Å². The van der Waals surface area contributed by atoms with Gasteiger partial charge in [-0.2, -0.15) is 0 Å². The molecule has 5 heteroatoms. The first-order chi connectivity index (χ1) is 9.54. The smallest absolute Gasteiger partial charge is 0.407 e. The minimum atomic E-state index is -0.901. The quantitative estimate of drug-likeness (QED) is 0.635. The number of carboxylic acid groups (broad SMARTS) is 1. The van der Waals surface area contributed by atoms with E-state index < -0.39 is 6.09 Å². The SMILES string of the molecule is O=C(O)N(Cc1ccc(I)cc1)Cc1ccc(I)cc1. The van der Waals surface area contributed by atoms with Crippen LogP contribution in [0, 0.1) is 7.14 Å². The Labute approximate surface area is 145 Å². The number of carbonyl (C=O) groups is 1. The molecule has 0 saturated carbocycles. The highest BCUT2D eigenvalue weighted by molar-refractivity contribution is 14.1. The summed E-state index contributed by atoms with van der Waals surface area (Å²) in [5, 5.41) is 9.33. The number of amides is 1.